The summed E-state index contributed by atoms with van der Waals surface area (Å²) >= 11 is 0. The number of ether oxygens (including phenoxy) is 2. The summed E-state index contributed by atoms with van der Waals surface area (Å²) in [5.41, 5.74) is 0.586. The van der Waals surface area contributed by atoms with Crippen molar-refractivity contribution in [1.82, 2.24) is 15.5 Å². The molecule has 2 N–H and O–H groups in total. The van der Waals surface area contributed by atoms with Gasteiger partial charge >= 0.3 is 0 Å². The Labute approximate surface area is 172 Å². The van der Waals surface area contributed by atoms with Gasteiger partial charge in [0.05, 0.1) is 14.2 Å². The quantitative estimate of drug-likeness (QED) is 0.748. The molecule has 2 aliphatic rings. The first-order chi connectivity index (χ1) is 13.1. The lowest BCUT2D eigenvalue weighted by Gasteiger charge is -2.32. The van der Waals surface area contributed by atoms with Gasteiger partial charge in [-0.25, -0.2) is 0 Å². The molecule has 2 aliphatic heterocycles. The molecule has 2 fully saturated rings. The number of hydrogen-bond donors (Lipinski definition) is 2. The second-order valence-electron chi connectivity index (χ2n) is 7.20. The number of hydrogen-bond acceptors (Lipinski definition) is 5. The van der Waals surface area contributed by atoms with Gasteiger partial charge in [-0.15, -0.1) is 12.4 Å². The third-order valence-electron chi connectivity index (χ3n) is 5.37. The Morgan fingerprint density at radius 3 is 2.46 bits per heavy atom. The van der Waals surface area contributed by atoms with Gasteiger partial charge < -0.3 is 25.0 Å². The molecule has 0 radical (unpaired) electrons. The fraction of sp³-hybridized carbons (Fsp3) is 0.600. The van der Waals surface area contributed by atoms with E-state index in [1.54, 1.807) is 32.4 Å². The normalized spacial score (nSPS) is 19.6. The van der Waals surface area contributed by atoms with Crippen LogP contribution < -0.4 is 20.1 Å². The molecule has 7 nitrogen and oxygen atoms in total. The second kappa shape index (κ2) is 10.5. The van der Waals surface area contributed by atoms with Crippen molar-refractivity contribution in [1.29, 1.82) is 0 Å². The molecule has 0 saturated carbocycles. The van der Waals surface area contributed by atoms with Gasteiger partial charge in [0.15, 0.2) is 11.5 Å². The van der Waals surface area contributed by atoms with Crippen LogP contribution in [0.4, 0.5) is 0 Å². The minimum absolute atomic E-state index is 0. The summed E-state index contributed by atoms with van der Waals surface area (Å²) in [7, 11) is 3.13. The van der Waals surface area contributed by atoms with Gasteiger partial charge in [-0.3, -0.25) is 9.59 Å². The smallest absolute Gasteiger partial charge is 0.253 e. The van der Waals surface area contributed by atoms with Crippen molar-refractivity contribution < 1.29 is 19.1 Å². The fourth-order valence-electron chi connectivity index (χ4n) is 3.82. The summed E-state index contributed by atoms with van der Waals surface area (Å²) in [5, 5.41) is 6.47. The lowest BCUT2D eigenvalue weighted by atomic mass is 10.0. The highest BCUT2D eigenvalue weighted by Gasteiger charge is 2.26. The van der Waals surface area contributed by atoms with Crippen molar-refractivity contribution in [3.8, 4) is 11.5 Å². The maximum Gasteiger partial charge on any atom is 0.253 e. The number of rotatable bonds is 6. The van der Waals surface area contributed by atoms with Gasteiger partial charge in [0, 0.05) is 37.2 Å². The van der Waals surface area contributed by atoms with E-state index in [4.69, 9.17) is 9.47 Å². The third-order valence-corrected chi connectivity index (χ3v) is 5.37. The Kier molecular flexibility index (Phi) is 8.38. The highest BCUT2D eigenvalue weighted by molar-refractivity contribution is 5.95. The SMILES string of the molecule is COc1ccc(C(=O)N2CCC(NC(=O)CC3CCCN3)CC2)cc1OC.Cl. The number of likely N-dealkylation sites (tertiary alicyclic amines) is 1. The second-order valence-corrected chi connectivity index (χ2v) is 7.20. The molecule has 2 saturated heterocycles. The molecule has 2 heterocycles. The van der Waals surface area contributed by atoms with Gasteiger partial charge in [0.25, 0.3) is 5.91 Å². The Morgan fingerprint density at radius 1 is 1.14 bits per heavy atom. The zero-order valence-electron chi connectivity index (χ0n) is 16.5. The number of benzene rings is 1. The van der Waals surface area contributed by atoms with Crippen LogP contribution in [0.1, 0.15) is 42.5 Å². The number of carbonyl (C=O) groups excluding carboxylic acids is 2. The van der Waals surface area contributed by atoms with Gasteiger partial charge in [-0.2, -0.15) is 0 Å². The third kappa shape index (κ3) is 5.52. The summed E-state index contributed by atoms with van der Waals surface area (Å²) in [5.74, 6) is 1.24. The molecule has 1 atom stereocenters. The van der Waals surface area contributed by atoms with Crippen LogP contribution in [-0.4, -0.2) is 62.7 Å². The van der Waals surface area contributed by atoms with Crippen LogP contribution in [0, 0.1) is 0 Å². The molecule has 28 heavy (non-hydrogen) atoms. The number of nitrogens with zero attached hydrogens (tertiary/aromatic N) is 1. The van der Waals surface area contributed by atoms with Gasteiger partial charge in [0.1, 0.15) is 0 Å². The molecule has 0 bridgehead atoms. The van der Waals surface area contributed by atoms with Gasteiger partial charge in [-0.05, 0) is 50.4 Å². The number of piperidine rings is 1. The van der Waals surface area contributed by atoms with Crippen LogP contribution in [-0.2, 0) is 4.79 Å². The Balaban J connectivity index is 0.00000280. The van der Waals surface area contributed by atoms with E-state index in [2.05, 4.69) is 10.6 Å². The minimum atomic E-state index is -0.0177. The highest BCUT2D eigenvalue weighted by Crippen LogP contribution is 2.28. The summed E-state index contributed by atoms with van der Waals surface area (Å²) in [4.78, 5) is 26.8. The molecular formula is C20H30ClN3O4. The molecule has 0 spiro atoms. The summed E-state index contributed by atoms with van der Waals surface area (Å²) in [6.45, 7) is 2.29. The number of methoxy groups -OCH3 is 2. The van der Waals surface area contributed by atoms with Crippen LogP contribution in [0.3, 0.4) is 0 Å². The molecule has 156 valence electrons. The average Bonchev–Trinajstić information content (AvgIpc) is 3.20. The van der Waals surface area contributed by atoms with Gasteiger partial charge in [0.2, 0.25) is 5.91 Å². The van der Waals surface area contributed by atoms with Crippen molar-refractivity contribution >= 4 is 24.2 Å². The van der Waals surface area contributed by atoms with Crippen LogP contribution in [0.25, 0.3) is 0 Å². The molecule has 0 aliphatic carbocycles. The van der Waals surface area contributed by atoms with Crippen LogP contribution in [0.2, 0.25) is 0 Å². The number of carbonyl (C=O) groups is 2. The minimum Gasteiger partial charge on any atom is -0.493 e. The summed E-state index contributed by atoms with van der Waals surface area (Å²) in [6, 6.07) is 5.68. The predicted molar refractivity (Wildman–Crippen MR) is 110 cm³/mol. The zero-order valence-corrected chi connectivity index (χ0v) is 17.3. The molecule has 3 rings (SSSR count). The lowest BCUT2D eigenvalue weighted by molar-refractivity contribution is -0.122. The molecule has 0 aromatic heterocycles. The van der Waals surface area contributed by atoms with E-state index in [-0.39, 0.29) is 30.3 Å². The van der Waals surface area contributed by atoms with E-state index < -0.39 is 0 Å². The van der Waals surface area contributed by atoms with Crippen molar-refractivity contribution in [2.45, 2.75) is 44.2 Å². The zero-order chi connectivity index (χ0) is 19.2. The van der Waals surface area contributed by atoms with Crippen LogP contribution in [0.15, 0.2) is 18.2 Å². The standard InChI is InChI=1S/C20H29N3O4.ClH/c1-26-17-6-5-14(12-18(17)27-2)20(25)23-10-7-15(8-11-23)22-19(24)13-16-4-3-9-21-16;/h5-6,12,15-16,21H,3-4,7-11,13H2,1-2H3,(H,22,24);1H. The van der Waals surface area contributed by atoms with Crippen molar-refractivity contribution in [2.75, 3.05) is 33.9 Å². The van der Waals surface area contributed by atoms with Crippen LogP contribution >= 0.6 is 12.4 Å². The maximum atomic E-state index is 12.8. The van der Waals surface area contributed by atoms with Gasteiger partial charge in [-0.1, -0.05) is 0 Å². The monoisotopic (exact) mass is 411 g/mol. The van der Waals surface area contributed by atoms with E-state index >= 15 is 0 Å². The first kappa shape index (κ1) is 22.3. The van der Waals surface area contributed by atoms with Crippen molar-refractivity contribution in [3.63, 3.8) is 0 Å². The summed E-state index contributed by atoms with van der Waals surface area (Å²) in [6.07, 6.45) is 4.33. The number of nitrogens with one attached hydrogen (secondary N) is 2. The molecule has 1 aromatic rings. The van der Waals surface area contributed by atoms with E-state index in [1.807, 2.05) is 4.90 Å². The lowest BCUT2D eigenvalue weighted by Crippen LogP contribution is -2.47. The first-order valence-corrected chi connectivity index (χ1v) is 9.64. The largest absolute Gasteiger partial charge is 0.493 e. The first-order valence-electron chi connectivity index (χ1n) is 9.64. The topological polar surface area (TPSA) is 79.9 Å². The Morgan fingerprint density at radius 2 is 1.86 bits per heavy atom. The Bertz CT molecular complexity index is 671. The number of halogens is 1. The molecule has 1 unspecified atom stereocenters. The predicted octanol–water partition coefficient (Wildman–Crippen LogP) is 1.99. The maximum absolute atomic E-state index is 12.8. The molecule has 8 heteroatoms. The van der Waals surface area contributed by atoms with Crippen molar-refractivity contribution in [3.05, 3.63) is 23.8 Å². The van der Waals surface area contributed by atoms with E-state index in [0.717, 1.165) is 32.2 Å². The van der Waals surface area contributed by atoms with Crippen LogP contribution in [0.5, 0.6) is 11.5 Å². The molecule has 1 aromatic carbocycles. The fourth-order valence-corrected chi connectivity index (χ4v) is 3.82. The highest BCUT2D eigenvalue weighted by atomic mass is 35.5. The molecular weight excluding hydrogens is 382 g/mol. The average molecular weight is 412 g/mol. The van der Waals surface area contributed by atoms with E-state index in [1.165, 1.54) is 0 Å². The Hall–Kier alpha value is -1.99. The molecule has 2 amide bonds. The van der Waals surface area contributed by atoms with Crippen molar-refractivity contribution in [2.24, 2.45) is 0 Å². The van der Waals surface area contributed by atoms with E-state index in [0.29, 0.717) is 42.6 Å². The number of amides is 2. The van der Waals surface area contributed by atoms with E-state index in [9.17, 15) is 9.59 Å². The summed E-state index contributed by atoms with van der Waals surface area (Å²) < 4.78 is 10.5.